The molecule has 6 nitrogen and oxygen atoms in total. The van der Waals surface area contributed by atoms with Crippen molar-refractivity contribution in [2.24, 2.45) is 5.92 Å². The van der Waals surface area contributed by atoms with E-state index in [0.29, 0.717) is 18.2 Å². The predicted octanol–water partition coefficient (Wildman–Crippen LogP) is 1.13. The van der Waals surface area contributed by atoms with E-state index in [1.807, 2.05) is 16.8 Å². The molecule has 1 saturated heterocycles. The first-order chi connectivity index (χ1) is 10.4. The molecule has 1 heterocycles. The minimum absolute atomic E-state index is 0.0883. The monoisotopic (exact) mass is 305 g/mol. The van der Waals surface area contributed by atoms with Gasteiger partial charge in [-0.1, -0.05) is 0 Å². The van der Waals surface area contributed by atoms with E-state index in [0.717, 1.165) is 26.1 Å². The fourth-order valence-corrected chi connectivity index (χ4v) is 2.76. The number of hydrogen-bond donors (Lipinski definition) is 2. The number of anilines is 1. The van der Waals surface area contributed by atoms with Crippen LogP contribution in [0.4, 0.5) is 5.69 Å². The summed E-state index contributed by atoms with van der Waals surface area (Å²) < 4.78 is 0. The number of nitrogens with one attached hydrogen (secondary N) is 1. The number of carbonyl (C=O) groups is 2. The van der Waals surface area contributed by atoms with Gasteiger partial charge in [-0.25, -0.2) is 0 Å². The second-order valence-corrected chi connectivity index (χ2v) is 5.91. The average Bonchev–Trinajstić information content (AvgIpc) is 2.89. The van der Waals surface area contributed by atoms with Crippen LogP contribution in [0.5, 0.6) is 5.75 Å². The molecule has 0 radical (unpaired) electrons. The Bertz CT molecular complexity index is 530. The molecule has 1 atom stereocenters. The predicted molar refractivity (Wildman–Crippen MR) is 84.6 cm³/mol. The van der Waals surface area contributed by atoms with E-state index in [4.69, 9.17) is 0 Å². The summed E-state index contributed by atoms with van der Waals surface area (Å²) in [6.45, 7) is 4.29. The summed E-state index contributed by atoms with van der Waals surface area (Å²) in [5.41, 5.74) is 0.667. The Labute approximate surface area is 130 Å². The molecule has 1 aromatic rings. The van der Waals surface area contributed by atoms with E-state index in [1.54, 1.807) is 19.1 Å². The van der Waals surface area contributed by atoms with Gasteiger partial charge in [0.25, 0.3) is 0 Å². The van der Waals surface area contributed by atoms with Crippen molar-refractivity contribution in [2.75, 3.05) is 38.5 Å². The molecular weight excluding hydrogens is 282 g/mol. The Balaban J connectivity index is 1.74. The first-order valence-corrected chi connectivity index (χ1v) is 7.47. The van der Waals surface area contributed by atoms with Crippen LogP contribution in [0.3, 0.4) is 0 Å². The minimum Gasteiger partial charge on any atom is -0.508 e. The highest BCUT2D eigenvalue weighted by Gasteiger charge is 2.25. The van der Waals surface area contributed by atoms with Crippen molar-refractivity contribution in [2.45, 2.75) is 13.3 Å². The van der Waals surface area contributed by atoms with Gasteiger partial charge >= 0.3 is 0 Å². The van der Waals surface area contributed by atoms with Gasteiger partial charge in [0.15, 0.2) is 0 Å². The number of likely N-dealkylation sites (tertiary alicyclic amines) is 1. The van der Waals surface area contributed by atoms with Gasteiger partial charge in [0.2, 0.25) is 11.8 Å². The topological polar surface area (TPSA) is 72.9 Å². The quantitative estimate of drug-likeness (QED) is 0.800. The molecule has 120 valence electrons. The summed E-state index contributed by atoms with van der Waals surface area (Å²) in [5.74, 6) is 0.631. The largest absolute Gasteiger partial charge is 0.508 e. The molecule has 1 aromatic carbocycles. The Morgan fingerprint density at radius 3 is 2.64 bits per heavy atom. The maximum atomic E-state index is 12.0. The lowest BCUT2D eigenvalue weighted by atomic mass is 10.1. The zero-order valence-electron chi connectivity index (χ0n) is 13.1. The Morgan fingerprint density at radius 2 is 2.05 bits per heavy atom. The average molecular weight is 305 g/mol. The van der Waals surface area contributed by atoms with Crippen molar-refractivity contribution in [1.29, 1.82) is 0 Å². The summed E-state index contributed by atoms with van der Waals surface area (Å²) in [6, 6.07) is 6.40. The zero-order valence-corrected chi connectivity index (χ0v) is 13.1. The number of phenolic OH excluding ortho intramolecular Hbond substituents is 1. The lowest BCUT2D eigenvalue weighted by molar-refractivity contribution is -0.128. The Hall–Kier alpha value is -2.08. The normalized spacial score (nSPS) is 17.8. The fraction of sp³-hybridized carbons (Fsp3) is 0.500. The summed E-state index contributed by atoms with van der Waals surface area (Å²) in [5, 5.41) is 12.0. The smallest absolute Gasteiger partial charge is 0.238 e. The summed E-state index contributed by atoms with van der Waals surface area (Å²) in [4.78, 5) is 27.1. The third-order valence-corrected chi connectivity index (χ3v) is 3.87. The molecule has 0 aliphatic carbocycles. The van der Waals surface area contributed by atoms with Crippen LogP contribution in [-0.4, -0.2) is 59.9 Å². The lowest BCUT2D eigenvalue weighted by Gasteiger charge is -2.20. The number of likely N-dealkylation sites (N-methyl/N-ethyl adjacent to an activating group) is 1. The molecule has 1 fully saturated rings. The second-order valence-electron chi connectivity index (χ2n) is 5.91. The molecule has 1 aliphatic heterocycles. The van der Waals surface area contributed by atoms with Crippen LogP contribution >= 0.6 is 0 Å². The van der Waals surface area contributed by atoms with Crippen molar-refractivity contribution in [1.82, 2.24) is 9.80 Å². The van der Waals surface area contributed by atoms with Gasteiger partial charge in [0.05, 0.1) is 6.54 Å². The summed E-state index contributed by atoms with van der Waals surface area (Å²) >= 11 is 0. The SMILES string of the molecule is CC(=O)N1CCC(CN(C)CC(=O)Nc2ccc(O)cc2)C1. The number of amides is 2. The van der Waals surface area contributed by atoms with Gasteiger partial charge in [-0.2, -0.15) is 0 Å². The molecule has 22 heavy (non-hydrogen) atoms. The van der Waals surface area contributed by atoms with Crippen molar-refractivity contribution in [3.05, 3.63) is 24.3 Å². The summed E-state index contributed by atoms with van der Waals surface area (Å²) in [7, 11) is 1.91. The van der Waals surface area contributed by atoms with Crippen LogP contribution in [0.1, 0.15) is 13.3 Å². The van der Waals surface area contributed by atoms with Crippen molar-refractivity contribution in [3.8, 4) is 5.75 Å². The highest BCUT2D eigenvalue weighted by molar-refractivity contribution is 5.92. The van der Waals surface area contributed by atoms with E-state index in [-0.39, 0.29) is 17.6 Å². The molecule has 1 aliphatic rings. The Morgan fingerprint density at radius 1 is 1.36 bits per heavy atom. The van der Waals surface area contributed by atoms with Gasteiger partial charge in [-0.05, 0) is 43.7 Å². The van der Waals surface area contributed by atoms with Crippen LogP contribution in [0, 0.1) is 5.92 Å². The number of aromatic hydroxyl groups is 1. The number of benzene rings is 1. The van der Waals surface area contributed by atoms with Gasteiger partial charge in [0, 0.05) is 32.2 Å². The molecule has 0 spiro atoms. The molecular formula is C16H23N3O3. The van der Waals surface area contributed by atoms with Crippen molar-refractivity contribution < 1.29 is 14.7 Å². The molecule has 2 amide bonds. The zero-order chi connectivity index (χ0) is 16.1. The maximum Gasteiger partial charge on any atom is 0.238 e. The van der Waals surface area contributed by atoms with Crippen LogP contribution < -0.4 is 5.32 Å². The number of phenols is 1. The maximum absolute atomic E-state index is 12.0. The fourth-order valence-electron chi connectivity index (χ4n) is 2.76. The van der Waals surface area contributed by atoms with Gasteiger partial charge in [-0.3, -0.25) is 14.5 Å². The standard InChI is InChI=1S/C16H23N3O3/c1-12(20)19-8-7-13(10-19)9-18(2)11-16(22)17-14-3-5-15(21)6-4-14/h3-6,13,21H,7-11H2,1-2H3,(H,17,22). The molecule has 0 saturated carbocycles. The number of carbonyl (C=O) groups excluding carboxylic acids is 2. The first kappa shape index (κ1) is 16.3. The van der Waals surface area contributed by atoms with E-state index in [2.05, 4.69) is 5.32 Å². The van der Waals surface area contributed by atoms with E-state index in [1.165, 1.54) is 12.1 Å². The molecule has 0 bridgehead atoms. The lowest BCUT2D eigenvalue weighted by Crippen LogP contribution is -2.35. The van der Waals surface area contributed by atoms with Gasteiger partial charge in [-0.15, -0.1) is 0 Å². The van der Waals surface area contributed by atoms with E-state index in [9.17, 15) is 14.7 Å². The number of nitrogens with zero attached hydrogens (tertiary/aromatic N) is 2. The molecule has 0 aromatic heterocycles. The van der Waals surface area contributed by atoms with Crippen LogP contribution in [0.2, 0.25) is 0 Å². The minimum atomic E-state index is -0.0883. The third-order valence-electron chi connectivity index (χ3n) is 3.87. The van der Waals surface area contributed by atoms with Crippen molar-refractivity contribution >= 4 is 17.5 Å². The highest BCUT2D eigenvalue weighted by atomic mass is 16.3. The second kappa shape index (κ2) is 7.26. The van der Waals surface area contributed by atoms with Crippen LogP contribution in [-0.2, 0) is 9.59 Å². The van der Waals surface area contributed by atoms with E-state index < -0.39 is 0 Å². The van der Waals surface area contributed by atoms with Crippen LogP contribution in [0.25, 0.3) is 0 Å². The van der Waals surface area contributed by atoms with Gasteiger partial charge in [0.1, 0.15) is 5.75 Å². The first-order valence-electron chi connectivity index (χ1n) is 7.47. The summed E-state index contributed by atoms with van der Waals surface area (Å²) in [6.07, 6.45) is 0.990. The van der Waals surface area contributed by atoms with E-state index >= 15 is 0 Å². The number of hydrogen-bond acceptors (Lipinski definition) is 4. The molecule has 1 unspecified atom stereocenters. The Kier molecular flexibility index (Phi) is 5.38. The molecule has 2 rings (SSSR count). The van der Waals surface area contributed by atoms with Crippen molar-refractivity contribution in [3.63, 3.8) is 0 Å². The highest BCUT2D eigenvalue weighted by Crippen LogP contribution is 2.17. The molecule has 2 N–H and O–H groups in total. The van der Waals surface area contributed by atoms with Gasteiger partial charge < -0.3 is 15.3 Å². The third kappa shape index (κ3) is 4.73. The number of rotatable bonds is 5. The molecule has 6 heteroatoms. The van der Waals surface area contributed by atoms with Crippen LogP contribution in [0.15, 0.2) is 24.3 Å².